The molecule has 0 amide bonds. The van der Waals surface area contributed by atoms with Gasteiger partial charge in [-0.15, -0.1) is 0 Å². The monoisotopic (exact) mass is 610 g/mol. The highest BCUT2D eigenvalue weighted by molar-refractivity contribution is 6.33. The fourth-order valence-corrected chi connectivity index (χ4v) is 7.68. The molecule has 0 saturated carbocycles. The zero-order valence-corrected chi connectivity index (χ0v) is 29.4. The van der Waals surface area contributed by atoms with E-state index in [0.29, 0.717) is 0 Å². The Bertz CT molecular complexity index is 2050. The minimum absolute atomic E-state index is 0.0493. The Balaban J connectivity index is 1.97. The van der Waals surface area contributed by atoms with Crippen LogP contribution >= 0.6 is 11.6 Å². The molecule has 1 unspecified atom stereocenters. The van der Waals surface area contributed by atoms with Crippen LogP contribution in [0.5, 0.6) is 0 Å². The van der Waals surface area contributed by atoms with E-state index in [1.165, 1.54) is 65.4 Å². The predicted octanol–water partition coefficient (Wildman–Crippen LogP) is 10.6. The van der Waals surface area contributed by atoms with Crippen molar-refractivity contribution in [3.05, 3.63) is 161 Å². The van der Waals surface area contributed by atoms with Crippen LogP contribution in [0.3, 0.4) is 0 Å². The third-order valence-electron chi connectivity index (χ3n) is 9.52. The maximum atomic E-state index is 7.70. The number of halogens is 1. The number of hydrogen-bond acceptors (Lipinski definition) is 0. The summed E-state index contributed by atoms with van der Waals surface area (Å²) < 4.78 is 0. The molecule has 0 bridgehead atoms. The Morgan fingerprint density at radius 1 is 0.667 bits per heavy atom. The highest BCUT2D eigenvalue weighted by Crippen LogP contribution is 2.45. The molecular weight excluding hydrogens is 564 g/mol. The lowest BCUT2D eigenvalue weighted by atomic mass is 9.75. The van der Waals surface area contributed by atoms with Gasteiger partial charge in [0.25, 0.3) is 0 Å². The number of allylic oxidation sites excluding steroid dienone is 4. The molecule has 6 rings (SSSR count). The van der Waals surface area contributed by atoms with Crippen LogP contribution in [0.2, 0.25) is 5.02 Å². The Labute approximate surface area is 275 Å². The fourth-order valence-electron chi connectivity index (χ4n) is 7.14. The van der Waals surface area contributed by atoms with Crippen LogP contribution in [0.1, 0.15) is 109 Å². The van der Waals surface area contributed by atoms with E-state index < -0.39 is 0 Å². The van der Waals surface area contributed by atoms with Crippen LogP contribution in [0, 0.1) is 15.9 Å². The molecular formula is C44H47Cl. The van der Waals surface area contributed by atoms with Crippen molar-refractivity contribution in [2.45, 2.75) is 86.0 Å². The molecule has 45 heavy (non-hydrogen) atoms. The number of hydrogen-bond donors (Lipinski definition) is 0. The Hall–Kier alpha value is -3.61. The van der Waals surface area contributed by atoms with Crippen LogP contribution in [0.25, 0.3) is 11.6 Å². The Morgan fingerprint density at radius 2 is 1.24 bits per heavy atom. The molecule has 1 atom stereocenters. The molecule has 0 heterocycles. The maximum Gasteiger partial charge on any atom is 0.0525 e. The summed E-state index contributed by atoms with van der Waals surface area (Å²) >= 11 is 7.70. The van der Waals surface area contributed by atoms with Gasteiger partial charge in [0.05, 0.1) is 5.02 Å². The third kappa shape index (κ3) is 5.57. The summed E-state index contributed by atoms with van der Waals surface area (Å²) in [5.74, 6) is 0.117. The van der Waals surface area contributed by atoms with Crippen molar-refractivity contribution in [2.24, 2.45) is 5.41 Å². The first-order valence-corrected chi connectivity index (χ1v) is 16.7. The summed E-state index contributed by atoms with van der Waals surface area (Å²) in [6.07, 6.45) is 7.29. The molecule has 0 spiro atoms. The van der Waals surface area contributed by atoms with Crippen LogP contribution < -0.4 is 10.4 Å². The highest BCUT2D eigenvalue weighted by atomic mass is 35.5. The Kier molecular flexibility index (Phi) is 7.69. The van der Waals surface area contributed by atoms with E-state index in [0.717, 1.165) is 10.6 Å². The van der Waals surface area contributed by atoms with Gasteiger partial charge in [0, 0.05) is 11.5 Å². The lowest BCUT2D eigenvalue weighted by Gasteiger charge is -2.30. The molecule has 0 aromatic heterocycles. The zero-order chi connectivity index (χ0) is 32.5. The second-order valence-corrected chi connectivity index (χ2v) is 16.4. The zero-order valence-electron chi connectivity index (χ0n) is 28.7. The Morgan fingerprint density at radius 3 is 1.73 bits per heavy atom. The molecule has 0 radical (unpaired) electrons. The van der Waals surface area contributed by atoms with Gasteiger partial charge in [-0.1, -0.05) is 171 Å². The van der Waals surface area contributed by atoms with Gasteiger partial charge in [-0.3, -0.25) is 0 Å². The first-order valence-electron chi connectivity index (χ1n) is 16.4. The quantitative estimate of drug-likeness (QED) is 0.191. The maximum absolute atomic E-state index is 7.70. The molecule has 2 aliphatic carbocycles. The van der Waals surface area contributed by atoms with Crippen molar-refractivity contribution < 1.29 is 0 Å². The van der Waals surface area contributed by atoms with Crippen molar-refractivity contribution in [1.82, 2.24) is 0 Å². The highest BCUT2D eigenvalue weighted by Gasteiger charge is 2.34. The van der Waals surface area contributed by atoms with Gasteiger partial charge in [0.2, 0.25) is 0 Å². The second kappa shape index (κ2) is 11.0. The van der Waals surface area contributed by atoms with Crippen molar-refractivity contribution in [2.75, 3.05) is 0 Å². The topological polar surface area (TPSA) is 0 Å². The van der Waals surface area contributed by atoms with E-state index in [-0.39, 0.29) is 22.2 Å². The van der Waals surface area contributed by atoms with E-state index >= 15 is 0 Å². The summed E-state index contributed by atoms with van der Waals surface area (Å²) in [4.78, 5) is 0. The van der Waals surface area contributed by atoms with Gasteiger partial charge in [-0.2, -0.15) is 0 Å². The standard InChI is InChI=1S/C44H47Cl/c1-27-23-32(43(5,6)7)26-34(27)38-39(36(28-17-13-11-14-18-28)29-19-15-12-16-20-29)37-33-22-21-31(42(2,3)4)24-30(33)25-35(37)41(45)40(38)44(8,9)10/h11-26,34H,1-10H3. The number of benzene rings is 4. The van der Waals surface area contributed by atoms with Gasteiger partial charge in [0.15, 0.2) is 0 Å². The minimum atomic E-state index is -0.188. The van der Waals surface area contributed by atoms with Crippen LogP contribution in [-0.4, -0.2) is 0 Å². The van der Waals surface area contributed by atoms with Crippen molar-refractivity contribution in [3.8, 4) is 0 Å². The van der Waals surface area contributed by atoms with E-state index in [4.69, 9.17) is 11.6 Å². The summed E-state index contributed by atoms with van der Waals surface area (Å²) in [6.45, 7) is 23.1. The average molecular weight is 611 g/mol. The largest absolute Gasteiger partial charge is 0.0833 e. The molecule has 4 aromatic carbocycles. The lowest BCUT2D eigenvalue weighted by Crippen LogP contribution is -2.28. The molecule has 0 N–H and O–H groups in total. The second-order valence-electron chi connectivity index (χ2n) is 16.1. The minimum Gasteiger partial charge on any atom is -0.0833 e. The SMILES string of the molecule is CC1=CC(C(C)(C)C)=CC1c1c(C(C)(C)C)c(Cl)c2c(c1=C(c1ccccc1)c1ccccc1)=c1ccc(C(C)(C)C)cc1=C2. The van der Waals surface area contributed by atoms with Crippen molar-refractivity contribution >= 4 is 23.3 Å². The normalized spacial score (nSPS) is 16.1. The molecule has 0 nitrogen and oxygen atoms in total. The van der Waals surface area contributed by atoms with Gasteiger partial charge in [-0.05, 0) is 89.1 Å². The average Bonchev–Trinajstić information content (AvgIpc) is 3.55. The van der Waals surface area contributed by atoms with Gasteiger partial charge >= 0.3 is 0 Å². The van der Waals surface area contributed by atoms with E-state index in [2.05, 4.69) is 166 Å². The molecule has 1 heteroatoms. The van der Waals surface area contributed by atoms with Crippen LogP contribution in [0.4, 0.5) is 0 Å². The van der Waals surface area contributed by atoms with E-state index in [1.807, 2.05) is 0 Å². The van der Waals surface area contributed by atoms with Crippen LogP contribution in [-0.2, 0) is 10.8 Å². The third-order valence-corrected chi connectivity index (χ3v) is 9.92. The first-order chi connectivity index (χ1) is 21.1. The van der Waals surface area contributed by atoms with E-state index in [1.54, 1.807) is 0 Å². The van der Waals surface area contributed by atoms with Crippen molar-refractivity contribution in [3.63, 3.8) is 0 Å². The van der Waals surface area contributed by atoms with Gasteiger partial charge in [0.1, 0.15) is 0 Å². The lowest BCUT2D eigenvalue weighted by molar-refractivity contribution is 0.517. The van der Waals surface area contributed by atoms with Crippen molar-refractivity contribution in [1.29, 1.82) is 0 Å². The summed E-state index contributed by atoms with van der Waals surface area (Å²) in [5.41, 5.74) is 11.4. The summed E-state index contributed by atoms with van der Waals surface area (Å²) in [5, 5.41) is 5.96. The number of fused-ring (bicyclic) bond motifs is 2. The van der Waals surface area contributed by atoms with Gasteiger partial charge in [-0.25, -0.2) is 0 Å². The molecule has 230 valence electrons. The fraction of sp³-hybridized carbons (Fsp3) is 0.318. The molecule has 2 aliphatic rings. The molecule has 0 saturated heterocycles. The molecule has 0 aliphatic heterocycles. The van der Waals surface area contributed by atoms with Gasteiger partial charge < -0.3 is 0 Å². The smallest absolute Gasteiger partial charge is 0.0525 e. The summed E-state index contributed by atoms with van der Waals surface area (Å²) in [7, 11) is 0. The number of rotatable bonds is 3. The molecule has 4 aromatic rings. The molecule has 0 fully saturated rings. The first kappa shape index (κ1) is 31.4. The predicted molar refractivity (Wildman–Crippen MR) is 194 cm³/mol. The van der Waals surface area contributed by atoms with E-state index in [9.17, 15) is 0 Å². The van der Waals surface area contributed by atoms with Crippen LogP contribution in [0.15, 0.2) is 102 Å². The summed E-state index contributed by atoms with van der Waals surface area (Å²) in [6, 6.07) is 29.0.